The van der Waals surface area contributed by atoms with Crippen LogP contribution in [0.2, 0.25) is 0 Å². The smallest absolute Gasteiger partial charge is 0.339 e. The molecule has 0 saturated heterocycles. The van der Waals surface area contributed by atoms with E-state index < -0.39 is 5.97 Å². The molecule has 0 fully saturated rings. The van der Waals surface area contributed by atoms with E-state index in [-0.39, 0.29) is 17.9 Å². The number of hydrogen-bond acceptors (Lipinski definition) is 4. The third-order valence-corrected chi connectivity index (χ3v) is 2.80. The van der Waals surface area contributed by atoms with Gasteiger partial charge in [0.1, 0.15) is 23.7 Å². The quantitative estimate of drug-likeness (QED) is 0.848. The number of carboxylic acid groups (broad SMARTS) is 1. The lowest BCUT2D eigenvalue weighted by Gasteiger charge is -2.11. The van der Waals surface area contributed by atoms with Gasteiger partial charge in [0, 0.05) is 19.3 Å². The van der Waals surface area contributed by atoms with E-state index in [4.69, 9.17) is 9.47 Å². The molecule has 0 saturated carbocycles. The van der Waals surface area contributed by atoms with E-state index in [1.807, 2.05) is 20.0 Å². The first kappa shape index (κ1) is 14.9. The number of aromatic nitrogens is 2. The highest BCUT2D eigenvalue weighted by Crippen LogP contribution is 2.26. The molecule has 6 heteroatoms. The Kier molecular flexibility index (Phi) is 4.81. The third kappa shape index (κ3) is 3.98. The van der Waals surface area contributed by atoms with E-state index in [0.717, 1.165) is 12.1 Å². The number of aryl methyl sites for hydroxylation is 1. The van der Waals surface area contributed by atoms with Gasteiger partial charge in [0.05, 0.1) is 12.3 Å². The highest BCUT2D eigenvalue weighted by atomic mass is 16.5. The number of hydrogen-bond donors (Lipinski definition) is 1. The van der Waals surface area contributed by atoms with Crippen LogP contribution in [-0.4, -0.2) is 27.5 Å². The fraction of sp³-hybridized carbons (Fsp3) is 0.333. The summed E-state index contributed by atoms with van der Waals surface area (Å²) in [6, 6.07) is 6.54. The van der Waals surface area contributed by atoms with Crippen molar-refractivity contribution in [3.8, 4) is 11.5 Å². The molecule has 0 atom stereocenters. The zero-order valence-corrected chi connectivity index (χ0v) is 12.1. The number of nitrogens with zero attached hydrogens (tertiary/aromatic N) is 2. The number of ether oxygens (including phenoxy) is 2. The normalized spacial score (nSPS) is 10.4. The van der Waals surface area contributed by atoms with Crippen molar-refractivity contribution in [3.63, 3.8) is 0 Å². The molecule has 0 aliphatic rings. The Balaban J connectivity index is 2.15. The van der Waals surface area contributed by atoms with Crippen molar-refractivity contribution in [2.75, 3.05) is 6.61 Å². The predicted octanol–water partition coefficient (Wildman–Crippen LogP) is 2.49. The molecule has 1 heterocycles. The van der Waals surface area contributed by atoms with Crippen molar-refractivity contribution in [3.05, 3.63) is 41.7 Å². The maximum Gasteiger partial charge on any atom is 0.339 e. The van der Waals surface area contributed by atoms with Gasteiger partial charge in [-0.3, -0.25) is 4.68 Å². The first-order chi connectivity index (χ1) is 10.1. The standard InChI is InChI=1S/C15H18N2O4/c1-3-8-20-12-4-5-13(15(18)19)14(9-12)21-10-11-6-7-17(2)16-11/h4-7,9H,3,8,10H2,1-2H3,(H,18,19). The van der Waals surface area contributed by atoms with Crippen LogP contribution < -0.4 is 9.47 Å². The Morgan fingerprint density at radius 3 is 2.76 bits per heavy atom. The number of rotatable bonds is 7. The lowest BCUT2D eigenvalue weighted by molar-refractivity contribution is 0.0691. The summed E-state index contributed by atoms with van der Waals surface area (Å²) in [6.45, 7) is 2.79. The summed E-state index contributed by atoms with van der Waals surface area (Å²) < 4.78 is 12.7. The monoisotopic (exact) mass is 290 g/mol. The molecule has 21 heavy (non-hydrogen) atoms. The van der Waals surface area contributed by atoms with Crippen LogP contribution in [-0.2, 0) is 13.7 Å². The lowest BCUT2D eigenvalue weighted by atomic mass is 10.2. The van der Waals surface area contributed by atoms with Gasteiger partial charge >= 0.3 is 5.97 Å². The highest BCUT2D eigenvalue weighted by molar-refractivity contribution is 5.91. The second-order valence-electron chi connectivity index (χ2n) is 4.58. The molecule has 2 aromatic rings. The molecule has 0 unspecified atom stereocenters. The van der Waals surface area contributed by atoms with E-state index in [9.17, 15) is 9.90 Å². The van der Waals surface area contributed by atoms with Gasteiger partial charge in [-0.25, -0.2) is 4.79 Å². The summed E-state index contributed by atoms with van der Waals surface area (Å²) in [5, 5.41) is 13.4. The minimum Gasteiger partial charge on any atom is -0.493 e. The molecule has 1 N–H and O–H groups in total. The van der Waals surface area contributed by atoms with Crippen LogP contribution >= 0.6 is 0 Å². The van der Waals surface area contributed by atoms with Crippen molar-refractivity contribution >= 4 is 5.97 Å². The molecule has 0 aliphatic heterocycles. The maximum atomic E-state index is 11.2. The molecular formula is C15H18N2O4. The average molecular weight is 290 g/mol. The van der Waals surface area contributed by atoms with Gasteiger partial charge in [0.25, 0.3) is 0 Å². The first-order valence-electron chi connectivity index (χ1n) is 6.71. The summed E-state index contributed by atoms with van der Waals surface area (Å²) in [4.78, 5) is 11.2. The fourth-order valence-corrected chi connectivity index (χ4v) is 1.80. The summed E-state index contributed by atoms with van der Waals surface area (Å²) >= 11 is 0. The molecule has 0 amide bonds. The predicted molar refractivity (Wildman–Crippen MR) is 76.7 cm³/mol. The SMILES string of the molecule is CCCOc1ccc(C(=O)O)c(OCc2ccn(C)n2)c1. The summed E-state index contributed by atoms with van der Waals surface area (Å²) in [5.74, 6) is -0.160. The molecule has 0 radical (unpaired) electrons. The van der Waals surface area contributed by atoms with Crippen molar-refractivity contribution < 1.29 is 19.4 Å². The van der Waals surface area contributed by atoms with E-state index in [2.05, 4.69) is 5.10 Å². The van der Waals surface area contributed by atoms with Crippen molar-refractivity contribution in [1.29, 1.82) is 0 Å². The summed E-state index contributed by atoms with van der Waals surface area (Å²) in [5.41, 5.74) is 0.837. The fourth-order valence-electron chi connectivity index (χ4n) is 1.80. The summed E-state index contributed by atoms with van der Waals surface area (Å²) in [7, 11) is 1.81. The molecule has 0 bridgehead atoms. The van der Waals surface area contributed by atoms with Gasteiger partial charge in [0.2, 0.25) is 0 Å². The van der Waals surface area contributed by atoms with Gasteiger partial charge in [-0.05, 0) is 24.6 Å². The van der Waals surface area contributed by atoms with Gasteiger partial charge in [-0.2, -0.15) is 5.10 Å². The first-order valence-corrected chi connectivity index (χ1v) is 6.71. The van der Waals surface area contributed by atoms with Crippen LogP contribution in [0, 0.1) is 0 Å². The molecule has 0 spiro atoms. The highest BCUT2D eigenvalue weighted by Gasteiger charge is 2.13. The van der Waals surface area contributed by atoms with Gasteiger partial charge < -0.3 is 14.6 Å². The topological polar surface area (TPSA) is 73.6 Å². The second kappa shape index (κ2) is 6.78. The number of aromatic carboxylic acids is 1. The van der Waals surface area contributed by atoms with E-state index >= 15 is 0 Å². The van der Waals surface area contributed by atoms with Crippen LogP contribution in [0.4, 0.5) is 0 Å². The number of carboxylic acids is 1. The minimum atomic E-state index is -1.03. The molecule has 6 nitrogen and oxygen atoms in total. The van der Waals surface area contributed by atoms with E-state index in [1.54, 1.807) is 23.0 Å². The maximum absolute atomic E-state index is 11.2. The summed E-state index contributed by atoms with van der Waals surface area (Å²) in [6.07, 6.45) is 2.68. The number of benzene rings is 1. The minimum absolute atomic E-state index is 0.106. The van der Waals surface area contributed by atoms with Crippen molar-refractivity contribution in [2.45, 2.75) is 20.0 Å². The van der Waals surface area contributed by atoms with Crippen LogP contribution in [0.15, 0.2) is 30.5 Å². The van der Waals surface area contributed by atoms with Crippen molar-refractivity contribution in [2.24, 2.45) is 7.05 Å². The van der Waals surface area contributed by atoms with E-state index in [1.165, 1.54) is 6.07 Å². The second-order valence-corrected chi connectivity index (χ2v) is 4.58. The Bertz CT molecular complexity index is 622. The Morgan fingerprint density at radius 1 is 1.33 bits per heavy atom. The zero-order chi connectivity index (χ0) is 15.2. The van der Waals surface area contributed by atoms with E-state index in [0.29, 0.717) is 12.4 Å². The molecular weight excluding hydrogens is 272 g/mol. The molecule has 1 aromatic heterocycles. The Hall–Kier alpha value is -2.50. The Labute approximate surface area is 122 Å². The molecule has 2 rings (SSSR count). The Morgan fingerprint density at radius 2 is 2.14 bits per heavy atom. The largest absolute Gasteiger partial charge is 0.493 e. The van der Waals surface area contributed by atoms with Gasteiger partial charge in [0.15, 0.2) is 0 Å². The van der Waals surface area contributed by atoms with Gasteiger partial charge in [-0.1, -0.05) is 6.92 Å². The van der Waals surface area contributed by atoms with Crippen molar-refractivity contribution in [1.82, 2.24) is 9.78 Å². The average Bonchev–Trinajstić information content (AvgIpc) is 2.88. The van der Waals surface area contributed by atoms with Crippen LogP contribution in [0.5, 0.6) is 11.5 Å². The number of carbonyl (C=O) groups is 1. The van der Waals surface area contributed by atoms with Crippen LogP contribution in [0.1, 0.15) is 29.4 Å². The zero-order valence-electron chi connectivity index (χ0n) is 12.1. The molecule has 0 aliphatic carbocycles. The van der Waals surface area contributed by atoms with Crippen LogP contribution in [0.25, 0.3) is 0 Å². The third-order valence-electron chi connectivity index (χ3n) is 2.80. The van der Waals surface area contributed by atoms with Gasteiger partial charge in [-0.15, -0.1) is 0 Å². The molecule has 1 aromatic carbocycles. The van der Waals surface area contributed by atoms with Crippen LogP contribution in [0.3, 0.4) is 0 Å². The lowest BCUT2D eigenvalue weighted by Crippen LogP contribution is -2.05. The molecule has 112 valence electrons.